The molecular weight excluding hydrogens is 334 g/mol. The second-order valence-electron chi connectivity index (χ2n) is 6.55. The Labute approximate surface area is 151 Å². The fraction of sp³-hybridized carbons (Fsp3) is 0.444. The molecule has 26 heavy (non-hydrogen) atoms. The van der Waals surface area contributed by atoms with Crippen LogP contribution in [0.25, 0.3) is 5.69 Å². The molecule has 138 valence electrons. The first-order valence-electron chi connectivity index (χ1n) is 8.83. The zero-order valence-corrected chi connectivity index (χ0v) is 14.8. The van der Waals surface area contributed by atoms with E-state index >= 15 is 0 Å². The summed E-state index contributed by atoms with van der Waals surface area (Å²) in [6, 6.07) is 7.86. The van der Waals surface area contributed by atoms with Gasteiger partial charge >= 0.3 is 0 Å². The minimum Gasteiger partial charge on any atom is -0.337 e. The maximum absolute atomic E-state index is 12.7. The Morgan fingerprint density at radius 1 is 1.35 bits per heavy atom. The minimum absolute atomic E-state index is 0.00508. The number of nitrogens with zero attached hydrogens (tertiary/aromatic N) is 4. The van der Waals surface area contributed by atoms with Gasteiger partial charge in [-0.15, -0.1) is 0 Å². The quantitative estimate of drug-likeness (QED) is 0.632. The summed E-state index contributed by atoms with van der Waals surface area (Å²) in [7, 11) is 1.95. The first-order chi connectivity index (χ1) is 12.6. The van der Waals surface area contributed by atoms with Crippen molar-refractivity contribution in [2.45, 2.75) is 19.3 Å². The van der Waals surface area contributed by atoms with E-state index < -0.39 is 4.92 Å². The number of non-ortho nitro benzene ring substituents is 1. The molecule has 0 radical (unpaired) electrons. The summed E-state index contributed by atoms with van der Waals surface area (Å²) in [5.74, 6) is 0.579. The summed E-state index contributed by atoms with van der Waals surface area (Å²) >= 11 is 0. The lowest BCUT2D eigenvalue weighted by Crippen LogP contribution is -2.39. The largest absolute Gasteiger partial charge is 0.337 e. The molecule has 1 aliphatic heterocycles. The van der Waals surface area contributed by atoms with Crippen molar-refractivity contribution in [3.63, 3.8) is 0 Å². The third kappa shape index (κ3) is 4.08. The van der Waals surface area contributed by atoms with E-state index in [1.54, 1.807) is 24.4 Å². The van der Waals surface area contributed by atoms with E-state index in [2.05, 4.69) is 10.4 Å². The highest BCUT2D eigenvalue weighted by atomic mass is 16.6. The lowest BCUT2D eigenvalue weighted by Gasteiger charge is -2.31. The number of rotatable bonds is 6. The average molecular weight is 357 g/mol. The summed E-state index contributed by atoms with van der Waals surface area (Å²) in [6.45, 7) is 2.50. The SMILES string of the molecule is CNCCC1CCN(C(=O)c2ccn(-c3cccc([N+](=O)[O-])c3)n2)CC1. The van der Waals surface area contributed by atoms with Crippen molar-refractivity contribution >= 4 is 11.6 Å². The predicted molar refractivity (Wildman–Crippen MR) is 97.4 cm³/mol. The zero-order chi connectivity index (χ0) is 18.5. The van der Waals surface area contributed by atoms with Crippen LogP contribution in [0, 0.1) is 16.0 Å². The van der Waals surface area contributed by atoms with Crippen molar-refractivity contribution in [1.29, 1.82) is 0 Å². The van der Waals surface area contributed by atoms with Crippen LogP contribution in [0.3, 0.4) is 0 Å². The Hall–Kier alpha value is -2.74. The van der Waals surface area contributed by atoms with Crippen molar-refractivity contribution in [2.24, 2.45) is 5.92 Å². The van der Waals surface area contributed by atoms with Gasteiger partial charge in [-0.25, -0.2) is 4.68 Å². The first-order valence-corrected chi connectivity index (χ1v) is 8.83. The molecule has 1 saturated heterocycles. The van der Waals surface area contributed by atoms with Gasteiger partial charge in [-0.3, -0.25) is 14.9 Å². The van der Waals surface area contributed by atoms with Gasteiger partial charge in [0.15, 0.2) is 5.69 Å². The Morgan fingerprint density at radius 2 is 2.12 bits per heavy atom. The molecule has 0 aliphatic carbocycles. The van der Waals surface area contributed by atoms with Crippen molar-refractivity contribution in [2.75, 3.05) is 26.7 Å². The van der Waals surface area contributed by atoms with E-state index in [-0.39, 0.29) is 11.6 Å². The van der Waals surface area contributed by atoms with E-state index in [4.69, 9.17) is 0 Å². The Bertz CT molecular complexity index is 781. The number of aromatic nitrogens is 2. The van der Waals surface area contributed by atoms with Gasteiger partial charge in [0.1, 0.15) is 0 Å². The van der Waals surface area contributed by atoms with Crippen LogP contribution in [0.4, 0.5) is 5.69 Å². The van der Waals surface area contributed by atoms with Gasteiger partial charge in [-0.05, 0) is 50.9 Å². The van der Waals surface area contributed by atoms with E-state index in [0.29, 0.717) is 17.3 Å². The van der Waals surface area contributed by atoms with E-state index in [9.17, 15) is 14.9 Å². The van der Waals surface area contributed by atoms with Crippen LogP contribution in [0.1, 0.15) is 29.8 Å². The van der Waals surface area contributed by atoms with Crippen molar-refractivity contribution in [1.82, 2.24) is 20.0 Å². The highest BCUT2D eigenvalue weighted by molar-refractivity contribution is 5.92. The molecule has 0 saturated carbocycles. The van der Waals surface area contributed by atoms with Gasteiger partial charge in [0.05, 0.1) is 10.6 Å². The molecule has 2 heterocycles. The number of likely N-dealkylation sites (tertiary alicyclic amines) is 1. The number of nitrogens with one attached hydrogen (secondary N) is 1. The highest BCUT2D eigenvalue weighted by Crippen LogP contribution is 2.22. The molecule has 3 rings (SSSR count). The monoisotopic (exact) mass is 357 g/mol. The second kappa shape index (κ2) is 8.09. The summed E-state index contributed by atoms with van der Waals surface area (Å²) < 4.78 is 1.50. The van der Waals surface area contributed by atoms with Gasteiger partial charge < -0.3 is 10.2 Å². The number of carbonyl (C=O) groups excluding carboxylic acids is 1. The van der Waals surface area contributed by atoms with Crippen LogP contribution < -0.4 is 5.32 Å². The molecule has 1 fully saturated rings. The van der Waals surface area contributed by atoms with Gasteiger partial charge in [0.2, 0.25) is 0 Å². The van der Waals surface area contributed by atoms with Crippen LogP contribution in [0.15, 0.2) is 36.5 Å². The first kappa shape index (κ1) is 18.1. The Balaban J connectivity index is 1.65. The molecule has 0 spiro atoms. The number of hydrogen-bond donors (Lipinski definition) is 1. The summed E-state index contributed by atoms with van der Waals surface area (Å²) in [5.41, 5.74) is 0.920. The molecule has 0 bridgehead atoms. The number of nitro benzene ring substituents is 1. The lowest BCUT2D eigenvalue weighted by atomic mass is 9.93. The maximum atomic E-state index is 12.7. The molecule has 1 aromatic heterocycles. The van der Waals surface area contributed by atoms with Crippen molar-refractivity contribution in [3.05, 3.63) is 52.3 Å². The number of piperidine rings is 1. The maximum Gasteiger partial charge on any atom is 0.274 e. The van der Waals surface area contributed by atoms with Crippen LogP contribution >= 0.6 is 0 Å². The Morgan fingerprint density at radius 3 is 2.81 bits per heavy atom. The molecule has 1 aliphatic rings. The third-order valence-corrected chi connectivity index (χ3v) is 4.82. The summed E-state index contributed by atoms with van der Waals surface area (Å²) in [4.78, 5) is 25.0. The lowest BCUT2D eigenvalue weighted by molar-refractivity contribution is -0.384. The molecule has 0 unspecified atom stereocenters. The van der Waals surface area contributed by atoms with Gasteiger partial charge in [-0.1, -0.05) is 6.07 Å². The highest BCUT2D eigenvalue weighted by Gasteiger charge is 2.24. The third-order valence-electron chi connectivity index (χ3n) is 4.82. The van der Waals surface area contributed by atoms with E-state index in [0.717, 1.165) is 38.9 Å². The summed E-state index contributed by atoms with van der Waals surface area (Å²) in [6.07, 6.45) is 4.82. The van der Waals surface area contributed by atoms with Gasteiger partial charge in [0.25, 0.3) is 11.6 Å². The second-order valence-corrected chi connectivity index (χ2v) is 6.55. The van der Waals surface area contributed by atoms with Gasteiger partial charge in [-0.2, -0.15) is 5.10 Å². The van der Waals surface area contributed by atoms with Crippen LogP contribution in [-0.2, 0) is 0 Å². The normalized spacial score (nSPS) is 15.2. The minimum atomic E-state index is -0.447. The number of hydrogen-bond acceptors (Lipinski definition) is 5. The van der Waals surface area contributed by atoms with E-state index in [1.807, 2.05) is 11.9 Å². The molecular formula is C18H23N5O3. The standard InChI is InChI=1S/C18H23N5O3/c1-19-9-5-14-6-10-21(11-7-14)18(24)17-8-12-22(20-17)15-3-2-4-16(13-15)23(25)26/h2-4,8,12-14,19H,5-7,9-11H2,1H3. The topological polar surface area (TPSA) is 93.3 Å². The van der Waals surface area contributed by atoms with Crippen LogP contribution in [0.5, 0.6) is 0 Å². The van der Waals surface area contributed by atoms with Crippen LogP contribution in [0.2, 0.25) is 0 Å². The fourth-order valence-corrected chi connectivity index (χ4v) is 3.27. The molecule has 2 aromatic rings. The molecule has 1 N–H and O–H groups in total. The number of carbonyl (C=O) groups is 1. The molecule has 1 amide bonds. The summed E-state index contributed by atoms with van der Waals surface area (Å²) in [5, 5.41) is 18.4. The number of benzene rings is 1. The Kier molecular flexibility index (Phi) is 5.62. The predicted octanol–water partition coefficient (Wildman–Crippen LogP) is 2.24. The molecule has 1 aromatic carbocycles. The fourth-order valence-electron chi connectivity index (χ4n) is 3.27. The van der Waals surface area contributed by atoms with Gasteiger partial charge in [0, 0.05) is 31.4 Å². The average Bonchev–Trinajstić information content (AvgIpc) is 3.16. The molecule has 8 nitrogen and oxygen atoms in total. The van der Waals surface area contributed by atoms with Crippen molar-refractivity contribution in [3.8, 4) is 5.69 Å². The number of amides is 1. The smallest absolute Gasteiger partial charge is 0.274 e. The van der Waals surface area contributed by atoms with E-state index in [1.165, 1.54) is 16.8 Å². The molecule has 8 heteroatoms. The van der Waals surface area contributed by atoms with Crippen LogP contribution in [-0.4, -0.2) is 52.2 Å². The zero-order valence-electron chi connectivity index (χ0n) is 14.8. The van der Waals surface area contributed by atoms with Crippen molar-refractivity contribution < 1.29 is 9.72 Å². The molecule has 0 atom stereocenters. The number of nitro groups is 1.